The highest BCUT2D eigenvalue weighted by Crippen LogP contribution is 2.19. The third-order valence-electron chi connectivity index (χ3n) is 3.61. The molecule has 3 rings (SSSR count). The van der Waals surface area contributed by atoms with Crippen LogP contribution in [0.3, 0.4) is 0 Å². The fraction of sp³-hybridized carbons (Fsp3) is 0. The standard InChI is InChI=1S/C20H18N4O2/c21-25-19-9-1-15(2-10-19)13-23-17-5-7-18(8-6-17)24-14-16-3-11-20(26-22)12-4-16/h1-14H,21-22H2. The number of rotatable bonds is 6. The Hall–Kier alpha value is -3.48. The second-order valence-electron chi connectivity index (χ2n) is 5.41. The summed E-state index contributed by atoms with van der Waals surface area (Å²) in [5.74, 6) is 11.4. The van der Waals surface area contributed by atoms with Gasteiger partial charge in [0.25, 0.3) is 0 Å². The van der Waals surface area contributed by atoms with E-state index >= 15 is 0 Å². The Morgan fingerprint density at radius 2 is 0.885 bits per heavy atom. The molecule has 0 atom stereocenters. The minimum Gasteiger partial charge on any atom is -0.412 e. The summed E-state index contributed by atoms with van der Waals surface area (Å²) in [5.41, 5.74) is 3.59. The fourth-order valence-corrected chi connectivity index (χ4v) is 2.19. The van der Waals surface area contributed by atoms with Gasteiger partial charge in [-0.25, -0.2) is 0 Å². The number of hydrogen-bond donors (Lipinski definition) is 2. The number of hydrogen-bond acceptors (Lipinski definition) is 6. The van der Waals surface area contributed by atoms with Crippen LogP contribution in [0.25, 0.3) is 0 Å². The summed E-state index contributed by atoms with van der Waals surface area (Å²) < 4.78 is 0. The van der Waals surface area contributed by atoms with E-state index in [2.05, 4.69) is 19.7 Å². The molecule has 0 aliphatic carbocycles. The van der Waals surface area contributed by atoms with Crippen LogP contribution in [0.2, 0.25) is 0 Å². The van der Waals surface area contributed by atoms with Gasteiger partial charge in [-0.05, 0) is 83.9 Å². The quantitative estimate of drug-likeness (QED) is 0.525. The van der Waals surface area contributed by atoms with Gasteiger partial charge in [-0.1, -0.05) is 0 Å². The Morgan fingerprint density at radius 3 is 1.19 bits per heavy atom. The Balaban J connectivity index is 1.63. The van der Waals surface area contributed by atoms with E-state index in [1.807, 2.05) is 48.5 Å². The summed E-state index contributed by atoms with van der Waals surface area (Å²) in [7, 11) is 0. The molecule has 0 saturated carbocycles. The summed E-state index contributed by atoms with van der Waals surface area (Å²) in [6, 6.07) is 22.3. The molecule has 0 aliphatic heterocycles. The first-order valence-corrected chi connectivity index (χ1v) is 7.88. The smallest absolute Gasteiger partial charge is 0.146 e. The molecule has 0 amide bonds. The second-order valence-corrected chi connectivity index (χ2v) is 5.41. The SMILES string of the molecule is NOc1ccc(C=Nc2ccc(N=Cc3ccc(ON)cc3)cc2)cc1. The molecule has 3 aromatic rings. The van der Waals surface area contributed by atoms with Gasteiger partial charge >= 0.3 is 0 Å². The molecule has 0 aromatic heterocycles. The third kappa shape index (κ3) is 4.76. The molecule has 4 N–H and O–H groups in total. The molecule has 0 fully saturated rings. The van der Waals surface area contributed by atoms with Crippen LogP contribution in [0.4, 0.5) is 11.4 Å². The van der Waals surface area contributed by atoms with Gasteiger partial charge in [0.05, 0.1) is 11.4 Å². The lowest BCUT2D eigenvalue weighted by molar-refractivity contribution is 0.334. The lowest BCUT2D eigenvalue weighted by Gasteiger charge is -1.99. The zero-order valence-electron chi connectivity index (χ0n) is 13.9. The van der Waals surface area contributed by atoms with Gasteiger partial charge in [-0.15, -0.1) is 0 Å². The molecular formula is C20H18N4O2. The fourth-order valence-electron chi connectivity index (χ4n) is 2.19. The largest absolute Gasteiger partial charge is 0.412 e. The lowest BCUT2D eigenvalue weighted by Crippen LogP contribution is -2.01. The van der Waals surface area contributed by atoms with Crippen LogP contribution < -0.4 is 21.5 Å². The van der Waals surface area contributed by atoms with Gasteiger partial charge in [-0.2, -0.15) is 11.8 Å². The van der Waals surface area contributed by atoms with Crippen LogP contribution in [0.5, 0.6) is 11.5 Å². The maximum atomic E-state index is 5.10. The Kier molecular flexibility index (Phi) is 5.72. The highest BCUT2D eigenvalue weighted by Gasteiger charge is 1.95. The molecule has 0 aliphatic rings. The van der Waals surface area contributed by atoms with Crippen molar-refractivity contribution in [2.75, 3.05) is 0 Å². The second kappa shape index (κ2) is 8.57. The molecule has 0 saturated heterocycles. The monoisotopic (exact) mass is 346 g/mol. The molecule has 6 nitrogen and oxygen atoms in total. The number of benzene rings is 3. The van der Waals surface area contributed by atoms with Crippen LogP contribution in [0.15, 0.2) is 82.8 Å². The van der Waals surface area contributed by atoms with Crippen molar-refractivity contribution in [1.29, 1.82) is 0 Å². The van der Waals surface area contributed by atoms with E-state index in [4.69, 9.17) is 11.8 Å². The average molecular weight is 346 g/mol. The molecule has 0 unspecified atom stereocenters. The summed E-state index contributed by atoms with van der Waals surface area (Å²) in [4.78, 5) is 18.2. The first kappa shape index (κ1) is 17.3. The van der Waals surface area contributed by atoms with E-state index in [1.165, 1.54) is 0 Å². The maximum absolute atomic E-state index is 5.10. The highest BCUT2D eigenvalue weighted by molar-refractivity contribution is 5.83. The molecule has 0 bridgehead atoms. The molecule has 3 aromatic carbocycles. The van der Waals surface area contributed by atoms with Crippen LogP contribution in [0, 0.1) is 0 Å². The van der Waals surface area contributed by atoms with Crippen molar-refractivity contribution in [2.45, 2.75) is 0 Å². The van der Waals surface area contributed by atoms with Crippen molar-refractivity contribution < 1.29 is 9.68 Å². The summed E-state index contributed by atoms with van der Waals surface area (Å²) >= 11 is 0. The Labute approximate surface area is 151 Å². The molecule has 130 valence electrons. The van der Waals surface area contributed by atoms with Gasteiger partial charge in [0.1, 0.15) is 11.5 Å². The van der Waals surface area contributed by atoms with E-state index in [1.54, 1.807) is 36.7 Å². The van der Waals surface area contributed by atoms with E-state index in [0.29, 0.717) is 11.5 Å². The van der Waals surface area contributed by atoms with Crippen molar-refractivity contribution in [3.63, 3.8) is 0 Å². The molecular weight excluding hydrogens is 328 g/mol. The van der Waals surface area contributed by atoms with Crippen LogP contribution in [-0.2, 0) is 0 Å². The first-order valence-electron chi connectivity index (χ1n) is 7.88. The Bertz CT molecular complexity index is 810. The van der Waals surface area contributed by atoms with Gasteiger partial charge in [0.15, 0.2) is 0 Å². The zero-order chi connectivity index (χ0) is 18.2. The van der Waals surface area contributed by atoms with Crippen LogP contribution >= 0.6 is 0 Å². The van der Waals surface area contributed by atoms with Gasteiger partial charge in [-0.3, -0.25) is 9.98 Å². The normalized spacial score (nSPS) is 11.2. The molecule has 6 heteroatoms. The molecule has 0 radical (unpaired) electrons. The summed E-state index contributed by atoms with van der Waals surface area (Å²) in [5, 5.41) is 0. The van der Waals surface area contributed by atoms with Crippen molar-refractivity contribution in [2.24, 2.45) is 21.8 Å². The summed E-state index contributed by atoms with van der Waals surface area (Å²) in [6.07, 6.45) is 3.55. The first-order chi connectivity index (χ1) is 12.8. The van der Waals surface area contributed by atoms with Crippen molar-refractivity contribution in [1.82, 2.24) is 0 Å². The number of nitrogens with two attached hydrogens (primary N) is 2. The Morgan fingerprint density at radius 1 is 0.538 bits per heavy atom. The van der Waals surface area contributed by atoms with Crippen LogP contribution in [-0.4, -0.2) is 12.4 Å². The van der Waals surface area contributed by atoms with Gasteiger partial charge in [0.2, 0.25) is 0 Å². The van der Waals surface area contributed by atoms with E-state index in [-0.39, 0.29) is 0 Å². The highest BCUT2D eigenvalue weighted by atomic mass is 16.6. The van der Waals surface area contributed by atoms with E-state index in [9.17, 15) is 0 Å². The number of aliphatic imine (C=N–C) groups is 2. The molecule has 26 heavy (non-hydrogen) atoms. The minimum absolute atomic E-state index is 0.606. The molecule has 0 heterocycles. The summed E-state index contributed by atoms with van der Waals surface area (Å²) in [6.45, 7) is 0. The predicted octanol–water partition coefficient (Wildman–Crippen LogP) is 3.69. The van der Waals surface area contributed by atoms with Crippen LogP contribution in [0.1, 0.15) is 11.1 Å². The zero-order valence-corrected chi connectivity index (χ0v) is 13.9. The van der Waals surface area contributed by atoms with Gasteiger partial charge in [0, 0.05) is 12.4 Å². The lowest BCUT2D eigenvalue weighted by atomic mass is 10.2. The minimum atomic E-state index is 0.606. The van der Waals surface area contributed by atoms with E-state index < -0.39 is 0 Å². The average Bonchev–Trinajstić information content (AvgIpc) is 2.72. The van der Waals surface area contributed by atoms with Crippen molar-refractivity contribution >= 4 is 23.8 Å². The van der Waals surface area contributed by atoms with Crippen molar-refractivity contribution in [3.8, 4) is 11.5 Å². The van der Waals surface area contributed by atoms with Gasteiger partial charge < -0.3 is 9.68 Å². The third-order valence-corrected chi connectivity index (χ3v) is 3.61. The molecule has 0 spiro atoms. The topological polar surface area (TPSA) is 95.2 Å². The predicted molar refractivity (Wildman–Crippen MR) is 103 cm³/mol. The van der Waals surface area contributed by atoms with E-state index in [0.717, 1.165) is 22.5 Å². The number of nitrogens with zero attached hydrogens (tertiary/aromatic N) is 2. The maximum Gasteiger partial charge on any atom is 0.146 e. The van der Waals surface area contributed by atoms with Crippen molar-refractivity contribution in [3.05, 3.63) is 83.9 Å².